The molecule has 0 aliphatic carbocycles. The van der Waals surface area contributed by atoms with Gasteiger partial charge >= 0.3 is 0 Å². The molecule has 2 aromatic carbocycles. The quantitative estimate of drug-likeness (QED) is 0.716. The van der Waals surface area contributed by atoms with E-state index >= 15 is 0 Å². The third-order valence-corrected chi connectivity index (χ3v) is 4.31. The number of hydrogen-bond acceptors (Lipinski definition) is 3. The Balaban J connectivity index is 1.86. The lowest BCUT2D eigenvalue weighted by Gasteiger charge is -2.23. The maximum Gasteiger partial charge on any atom is 0.235 e. The normalized spacial score (nSPS) is 10.9. The van der Waals surface area contributed by atoms with Gasteiger partial charge in [-0.3, -0.25) is 9.59 Å². The molecule has 0 aliphatic heterocycles. The van der Waals surface area contributed by atoms with E-state index in [2.05, 4.69) is 10.6 Å². The van der Waals surface area contributed by atoms with Gasteiger partial charge in [0.15, 0.2) is 0 Å². The molecule has 2 N–H and O–H groups in total. The van der Waals surface area contributed by atoms with Crippen molar-refractivity contribution in [2.75, 3.05) is 13.7 Å². The monoisotopic (exact) mass is 354 g/mol. The molecule has 0 heterocycles. The molecule has 138 valence electrons. The summed E-state index contributed by atoms with van der Waals surface area (Å²) in [4.78, 5) is 24.9. The average molecular weight is 354 g/mol. The predicted octanol–water partition coefficient (Wildman–Crippen LogP) is 2.70. The number of ether oxygens (including phenoxy) is 1. The molecule has 0 fully saturated rings. The van der Waals surface area contributed by atoms with Gasteiger partial charge in [-0.1, -0.05) is 48.5 Å². The molecule has 2 amide bonds. The molecule has 5 heteroatoms. The van der Waals surface area contributed by atoms with Gasteiger partial charge in [0.05, 0.1) is 7.11 Å². The van der Waals surface area contributed by atoms with Crippen LogP contribution < -0.4 is 15.4 Å². The highest BCUT2D eigenvalue weighted by atomic mass is 16.5. The summed E-state index contributed by atoms with van der Waals surface area (Å²) in [5.41, 5.74) is 0.855. The van der Waals surface area contributed by atoms with Crippen LogP contribution in [0.1, 0.15) is 25.0 Å². The molecule has 5 nitrogen and oxygen atoms in total. The third kappa shape index (κ3) is 5.09. The summed E-state index contributed by atoms with van der Waals surface area (Å²) in [5, 5.41) is 5.67. The number of rotatable bonds is 8. The number of amides is 2. The lowest BCUT2D eigenvalue weighted by atomic mass is 9.91. The van der Waals surface area contributed by atoms with Crippen molar-refractivity contribution in [3.8, 4) is 5.75 Å². The van der Waals surface area contributed by atoms with E-state index in [-0.39, 0.29) is 11.8 Å². The van der Waals surface area contributed by atoms with E-state index in [0.29, 0.717) is 18.8 Å². The first-order chi connectivity index (χ1) is 12.4. The van der Waals surface area contributed by atoms with Gasteiger partial charge in [0, 0.05) is 18.7 Å². The second-order valence-corrected chi connectivity index (χ2v) is 6.61. The molecule has 0 spiro atoms. The molecular weight excluding hydrogens is 328 g/mol. The number of para-hydroxylation sites is 1. The van der Waals surface area contributed by atoms with Crippen LogP contribution in [0.25, 0.3) is 0 Å². The van der Waals surface area contributed by atoms with Gasteiger partial charge in [-0.2, -0.15) is 0 Å². The minimum Gasteiger partial charge on any atom is -0.496 e. The van der Waals surface area contributed by atoms with Crippen LogP contribution in [0.4, 0.5) is 0 Å². The summed E-state index contributed by atoms with van der Waals surface area (Å²) in [6.07, 6.45) is 0.728. The zero-order valence-electron chi connectivity index (χ0n) is 15.5. The van der Waals surface area contributed by atoms with Gasteiger partial charge in [0.2, 0.25) is 11.8 Å². The number of benzene rings is 2. The SMILES string of the molecule is COc1ccccc1CNC(=O)C(C)(C)C(=O)NCCc1ccccc1. The Kier molecular flexibility index (Phi) is 6.78. The number of carbonyl (C=O) groups excluding carboxylic acids is 2. The van der Waals surface area contributed by atoms with Crippen LogP contribution in [0.5, 0.6) is 5.75 Å². The molecule has 0 atom stereocenters. The van der Waals surface area contributed by atoms with Gasteiger partial charge in [-0.15, -0.1) is 0 Å². The zero-order valence-corrected chi connectivity index (χ0v) is 15.5. The highest BCUT2D eigenvalue weighted by Crippen LogP contribution is 2.19. The minimum absolute atomic E-state index is 0.286. The summed E-state index contributed by atoms with van der Waals surface area (Å²) < 4.78 is 5.28. The summed E-state index contributed by atoms with van der Waals surface area (Å²) in [6, 6.07) is 17.4. The second-order valence-electron chi connectivity index (χ2n) is 6.61. The van der Waals surface area contributed by atoms with Crippen molar-refractivity contribution in [3.05, 3.63) is 65.7 Å². The zero-order chi connectivity index (χ0) is 19.0. The fraction of sp³-hybridized carbons (Fsp3) is 0.333. The molecule has 2 aromatic rings. The maximum atomic E-state index is 12.5. The van der Waals surface area contributed by atoms with Crippen molar-refractivity contribution in [1.82, 2.24) is 10.6 Å². The molecule has 0 aliphatic rings. The Morgan fingerprint density at radius 1 is 0.923 bits per heavy atom. The van der Waals surface area contributed by atoms with E-state index in [9.17, 15) is 9.59 Å². The molecule has 2 rings (SSSR count). The fourth-order valence-corrected chi connectivity index (χ4v) is 2.53. The topological polar surface area (TPSA) is 67.4 Å². The Labute approximate surface area is 154 Å². The maximum absolute atomic E-state index is 12.5. The van der Waals surface area contributed by atoms with Crippen LogP contribution in [0.3, 0.4) is 0 Å². The lowest BCUT2D eigenvalue weighted by Crippen LogP contribution is -2.48. The molecule has 0 saturated carbocycles. The predicted molar refractivity (Wildman–Crippen MR) is 102 cm³/mol. The molecule has 0 unspecified atom stereocenters. The highest BCUT2D eigenvalue weighted by molar-refractivity contribution is 6.04. The first-order valence-electron chi connectivity index (χ1n) is 8.67. The van der Waals surface area contributed by atoms with Crippen molar-refractivity contribution in [2.45, 2.75) is 26.8 Å². The number of nitrogens with one attached hydrogen (secondary N) is 2. The van der Waals surface area contributed by atoms with Crippen molar-refractivity contribution in [3.63, 3.8) is 0 Å². The number of methoxy groups -OCH3 is 1. The molecule has 0 bridgehead atoms. The smallest absolute Gasteiger partial charge is 0.235 e. The molecule has 0 radical (unpaired) electrons. The van der Waals surface area contributed by atoms with Crippen LogP contribution >= 0.6 is 0 Å². The number of carbonyl (C=O) groups is 2. The second kappa shape index (κ2) is 9.04. The van der Waals surface area contributed by atoms with Crippen LogP contribution in [0.15, 0.2) is 54.6 Å². The van der Waals surface area contributed by atoms with E-state index in [4.69, 9.17) is 4.74 Å². The first kappa shape index (κ1) is 19.5. The summed E-state index contributed by atoms with van der Waals surface area (Å²) >= 11 is 0. The largest absolute Gasteiger partial charge is 0.496 e. The first-order valence-corrected chi connectivity index (χ1v) is 8.67. The molecular formula is C21H26N2O3. The fourth-order valence-electron chi connectivity index (χ4n) is 2.53. The van der Waals surface area contributed by atoms with E-state index in [1.54, 1.807) is 21.0 Å². The summed E-state index contributed by atoms with van der Waals surface area (Å²) in [6.45, 7) is 4.06. The summed E-state index contributed by atoms with van der Waals surface area (Å²) in [5.74, 6) is 0.101. The van der Waals surface area contributed by atoms with Gasteiger partial charge in [-0.25, -0.2) is 0 Å². The standard InChI is InChI=1S/C21H26N2O3/c1-21(2,19(24)22-14-13-16-9-5-4-6-10-16)20(25)23-15-17-11-7-8-12-18(17)26-3/h4-12H,13-15H2,1-3H3,(H,22,24)(H,23,25). The molecule has 0 aromatic heterocycles. The van der Waals surface area contributed by atoms with Crippen molar-refractivity contribution in [2.24, 2.45) is 5.41 Å². The van der Waals surface area contributed by atoms with E-state index < -0.39 is 5.41 Å². The van der Waals surface area contributed by atoms with E-state index in [0.717, 1.165) is 17.5 Å². The van der Waals surface area contributed by atoms with Crippen molar-refractivity contribution in [1.29, 1.82) is 0 Å². The third-order valence-electron chi connectivity index (χ3n) is 4.31. The van der Waals surface area contributed by atoms with Gasteiger partial charge in [0.25, 0.3) is 0 Å². The van der Waals surface area contributed by atoms with Crippen LogP contribution in [-0.2, 0) is 22.6 Å². The van der Waals surface area contributed by atoms with E-state index in [1.165, 1.54) is 0 Å². The minimum atomic E-state index is -1.15. The summed E-state index contributed by atoms with van der Waals surface area (Å²) in [7, 11) is 1.59. The van der Waals surface area contributed by atoms with E-state index in [1.807, 2.05) is 54.6 Å². The average Bonchev–Trinajstić information content (AvgIpc) is 2.66. The molecule has 26 heavy (non-hydrogen) atoms. The van der Waals surface area contributed by atoms with Gasteiger partial charge in [-0.05, 0) is 31.9 Å². The van der Waals surface area contributed by atoms with Gasteiger partial charge < -0.3 is 15.4 Å². The van der Waals surface area contributed by atoms with Crippen LogP contribution in [0, 0.1) is 5.41 Å². The van der Waals surface area contributed by atoms with Crippen molar-refractivity contribution >= 4 is 11.8 Å². The lowest BCUT2D eigenvalue weighted by molar-refractivity contribution is -0.141. The van der Waals surface area contributed by atoms with Crippen LogP contribution in [-0.4, -0.2) is 25.5 Å². The number of hydrogen-bond donors (Lipinski definition) is 2. The Morgan fingerprint density at radius 2 is 1.54 bits per heavy atom. The Hall–Kier alpha value is -2.82. The highest BCUT2D eigenvalue weighted by Gasteiger charge is 2.35. The van der Waals surface area contributed by atoms with Crippen molar-refractivity contribution < 1.29 is 14.3 Å². The Bertz CT molecular complexity index is 742. The molecule has 0 saturated heterocycles. The van der Waals surface area contributed by atoms with Gasteiger partial charge in [0.1, 0.15) is 11.2 Å². The van der Waals surface area contributed by atoms with Crippen LogP contribution in [0.2, 0.25) is 0 Å². The Morgan fingerprint density at radius 3 is 2.23 bits per heavy atom.